The van der Waals surface area contributed by atoms with E-state index < -0.39 is 11.7 Å². The highest BCUT2D eigenvalue weighted by atomic mass is 32.1. The SMILES string of the molecule is CCOc1ccc(-c2cn3c(CC(=O)NCCOc4cccc(C(F)(F)F)c4)csc3n2)cc1. The normalized spacial score (nSPS) is 11.5. The number of ether oxygens (including phenoxy) is 2. The number of thiazole rings is 1. The highest BCUT2D eigenvalue weighted by Crippen LogP contribution is 2.31. The Balaban J connectivity index is 1.31. The van der Waals surface area contributed by atoms with E-state index in [0.29, 0.717) is 6.61 Å². The smallest absolute Gasteiger partial charge is 0.416 e. The molecule has 0 spiro atoms. The third kappa shape index (κ3) is 5.69. The van der Waals surface area contributed by atoms with Crippen molar-refractivity contribution >= 4 is 22.2 Å². The lowest BCUT2D eigenvalue weighted by atomic mass is 10.1. The van der Waals surface area contributed by atoms with E-state index in [0.717, 1.165) is 39.8 Å². The molecule has 1 amide bonds. The van der Waals surface area contributed by atoms with Crippen molar-refractivity contribution in [1.29, 1.82) is 0 Å². The summed E-state index contributed by atoms with van der Waals surface area (Å²) in [5.74, 6) is 0.675. The minimum atomic E-state index is -4.43. The number of imidazole rings is 1. The lowest BCUT2D eigenvalue weighted by molar-refractivity contribution is -0.137. The van der Waals surface area contributed by atoms with E-state index >= 15 is 0 Å². The molecule has 0 aliphatic heterocycles. The van der Waals surface area contributed by atoms with Gasteiger partial charge in [-0.2, -0.15) is 13.2 Å². The van der Waals surface area contributed by atoms with E-state index in [-0.39, 0.29) is 31.2 Å². The van der Waals surface area contributed by atoms with Crippen LogP contribution in [0.1, 0.15) is 18.2 Å². The third-order valence-corrected chi connectivity index (χ3v) is 5.83. The van der Waals surface area contributed by atoms with Crippen LogP contribution in [0.15, 0.2) is 60.1 Å². The predicted molar refractivity (Wildman–Crippen MR) is 123 cm³/mol. The van der Waals surface area contributed by atoms with Gasteiger partial charge in [-0.05, 0) is 49.4 Å². The molecule has 1 N–H and O–H groups in total. The molecule has 0 radical (unpaired) electrons. The molecule has 34 heavy (non-hydrogen) atoms. The van der Waals surface area contributed by atoms with Crippen LogP contribution in [-0.2, 0) is 17.4 Å². The fourth-order valence-electron chi connectivity index (χ4n) is 3.33. The highest BCUT2D eigenvalue weighted by molar-refractivity contribution is 7.15. The summed E-state index contributed by atoms with van der Waals surface area (Å²) in [7, 11) is 0. The summed E-state index contributed by atoms with van der Waals surface area (Å²) in [5, 5.41) is 4.61. The maximum absolute atomic E-state index is 12.8. The molecule has 0 fully saturated rings. The summed E-state index contributed by atoms with van der Waals surface area (Å²) in [6, 6.07) is 12.3. The molecule has 10 heteroatoms. The summed E-state index contributed by atoms with van der Waals surface area (Å²) < 4.78 is 51.0. The van der Waals surface area contributed by atoms with E-state index in [2.05, 4.69) is 10.3 Å². The third-order valence-electron chi connectivity index (χ3n) is 4.94. The molecule has 2 heterocycles. The molecule has 2 aromatic carbocycles. The van der Waals surface area contributed by atoms with Crippen molar-refractivity contribution in [3.63, 3.8) is 0 Å². The minimum Gasteiger partial charge on any atom is -0.494 e. The standard InChI is InChI=1S/C24H22F3N3O3S/c1-2-32-19-8-6-16(7-9-19)21-14-30-18(15-34-23(30)29-21)13-22(31)28-10-11-33-20-5-3-4-17(12-20)24(25,26)27/h3-9,12,14-15H,2,10-11,13H2,1H3,(H,28,31). The first-order chi connectivity index (χ1) is 16.3. The summed E-state index contributed by atoms with van der Waals surface area (Å²) in [6.07, 6.45) is -2.40. The predicted octanol–water partition coefficient (Wildman–Crippen LogP) is 5.22. The maximum Gasteiger partial charge on any atom is 0.416 e. The van der Waals surface area contributed by atoms with Gasteiger partial charge in [0.05, 0.1) is 30.8 Å². The number of fused-ring (bicyclic) bond motifs is 1. The Morgan fingerprint density at radius 2 is 1.91 bits per heavy atom. The van der Waals surface area contributed by atoms with E-state index in [4.69, 9.17) is 9.47 Å². The monoisotopic (exact) mass is 489 g/mol. The van der Waals surface area contributed by atoms with E-state index in [9.17, 15) is 18.0 Å². The number of benzene rings is 2. The average Bonchev–Trinajstić information content (AvgIpc) is 3.39. The van der Waals surface area contributed by atoms with Crippen molar-refractivity contribution in [3.8, 4) is 22.8 Å². The number of carbonyl (C=O) groups excluding carboxylic acids is 1. The Morgan fingerprint density at radius 3 is 2.65 bits per heavy atom. The van der Waals surface area contributed by atoms with Crippen LogP contribution in [0.5, 0.6) is 11.5 Å². The molecule has 178 valence electrons. The van der Waals surface area contributed by atoms with Gasteiger partial charge in [0.2, 0.25) is 5.91 Å². The number of nitrogens with one attached hydrogen (secondary N) is 1. The van der Waals surface area contributed by atoms with Gasteiger partial charge in [0.1, 0.15) is 18.1 Å². The average molecular weight is 490 g/mol. The van der Waals surface area contributed by atoms with E-state index in [1.54, 1.807) is 0 Å². The van der Waals surface area contributed by atoms with E-state index in [1.807, 2.05) is 47.2 Å². The zero-order valence-electron chi connectivity index (χ0n) is 18.3. The fraction of sp³-hybridized carbons (Fsp3) is 0.250. The number of nitrogens with zero attached hydrogens (tertiary/aromatic N) is 2. The number of aromatic nitrogens is 2. The van der Waals surface area contributed by atoms with Gasteiger partial charge in [0, 0.05) is 22.8 Å². The second-order valence-corrected chi connectivity index (χ2v) is 8.20. The van der Waals surface area contributed by atoms with Crippen LogP contribution >= 0.6 is 11.3 Å². The number of hydrogen-bond acceptors (Lipinski definition) is 5. The molecule has 4 rings (SSSR count). The minimum absolute atomic E-state index is 0.0546. The number of halogens is 3. The first-order valence-electron chi connectivity index (χ1n) is 10.6. The van der Waals surface area contributed by atoms with E-state index in [1.165, 1.54) is 23.5 Å². The molecule has 6 nitrogen and oxygen atoms in total. The first kappa shape index (κ1) is 23.6. The molecule has 2 aromatic heterocycles. The summed E-state index contributed by atoms with van der Waals surface area (Å²) >= 11 is 1.44. The van der Waals surface area contributed by atoms with Gasteiger partial charge in [-0.15, -0.1) is 11.3 Å². The summed E-state index contributed by atoms with van der Waals surface area (Å²) in [6.45, 7) is 2.75. The van der Waals surface area contributed by atoms with Crippen LogP contribution in [-0.4, -0.2) is 35.1 Å². The molecule has 0 atom stereocenters. The van der Waals surface area contributed by atoms with Crippen LogP contribution in [0.2, 0.25) is 0 Å². The molecular weight excluding hydrogens is 467 g/mol. The number of amides is 1. The molecule has 0 aliphatic rings. The number of alkyl halides is 3. The quantitative estimate of drug-likeness (QED) is 0.328. The van der Waals surface area contributed by atoms with Crippen molar-refractivity contribution in [1.82, 2.24) is 14.7 Å². The summed E-state index contributed by atoms with van der Waals surface area (Å²) in [4.78, 5) is 17.8. The molecule has 0 bridgehead atoms. The first-order valence-corrected chi connectivity index (χ1v) is 11.5. The number of carbonyl (C=O) groups is 1. The molecule has 0 unspecified atom stereocenters. The van der Waals surface area contributed by atoms with Crippen molar-refractivity contribution < 1.29 is 27.4 Å². The topological polar surface area (TPSA) is 64.9 Å². The second-order valence-electron chi connectivity index (χ2n) is 7.36. The Morgan fingerprint density at radius 1 is 1.12 bits per heavy atom. The van der Waals surface area contributed by atoms with Gasteiger partial charge in [0.25, 0.3) is 0 Å². The van der Waals surface area contributed by atoms with Gasteiger partial charge in [-0.3, -0.25) is 9.20 Å². The molecular formula is C24H22F3N3O3S. The molecule has 4 aromatic rings. The van der Waals surface area contributed by atoms with Crippen LogP contribution in [0.3, 0.4) is 0 Å². The number of hydrogen-bond donors (Lipinski definition) is 1. The van der Waals surface area contributed by atoms with Gasteiger partial charge in [-0.25, -0.2) is 4.98 Å². The van der Waals surface area contributed by atoms with Gasteiger partial charge >= 0.3 is 6.18 Å². The molecule has 0 aliphatic carbocycles. The molecule has 0 saturated heterocycles. The highest BCUT2D eigenvalue weighted by Gasteiger charge is 2.30. The Kier molecular flexibility index (Phi) is 7.06. The van der Waals surface area contributed by atoms with Crippen LogP contribution in [0.25, 0.3) is 16.2 Å². The van der Waals surface area contributed by atoms with Crippen molar-refractivity contribution in [3.05, 3.63) is 71.4 Å². The zero-order chi connectivity index (χ0) is 24.1. The Labute approximate surface area is 198 Å². The maximum atomic E-state index is 12.8. The summed E-state index contributed by atoms with van der Waals surface area (Å²) in [5.41, 5.74) is 1.76. The van der Waals surface area contributed by atoms with Crippen molar-refractivity contribution in [2.75, 3.05) is 19.8 Å². The molecule has 0 saturated carbocycles. The number of rotatable bonds is 9. The van der Waals surface area contributed by atoms with Crippen LogP contribution in [0, 0.1) is 0 Å². The van der Waals surface area contributed by atoms with Gasteiger partial charge in [0.15, 0.2) is 4.96 Å². The Hall–Kier alpha value is -3.53. The Bertz CT molecular complexity index is 1270. The largest absolute Gasteiger partial charge is 0.494 e. The lowest BCUT2D eigenvalue weighted by Crippen LogP contribution is -2.29. The zero-order valence-corrected chi connectivity index (χ0v) is 19.1. The fourth-order valence-corrected chi connectivity index (χ4v) is 4.21. The van der Waals surface area contributed by atoms with Crippen molar-refractivity contribution in [2.45, 2.75) is 19.5 Å². The lowest BCUT2D eigenvalue weighted by Gasteiger charge is -2.10. The van der Waals surface area contributed by atoms with Crippen LogP contribution < -0.4 is 14.8 Å². The van der Waals surface area contributed by atoms with Crippen LogP contribution in [0.4, 0.5) is 13.2 Å². The van der Waals surface area contributed by atoms with Gasteiger partial charge < -0.3 is 14.8 Å². The van der Waals surface area contributed by atoms with Gasteiger partial charge in [-0.1, -0.05) is 6.07 Å². The second kappa shape index (κ2) is 10.2. The van der Waals surface area contributed by atoms with Crippen molar-refractivity contribution in [2.24, 2.45) is 0 Å².